The van der Waals surface area contributed by atoms with Crippen LogP contribution in [0.15, 0.2) is 0 Å². The number of anilines is 1. The van der Waals surface area contributed by atoms with Gasteiger partial charge in [0.15, 0.2) is 11.5 Å². The Balaban J connectivity index is 1.59. The van der Waals surface area contributed by atoms with E-state index < -0.39 is 5.97 Å². The number of terminal acetylenes is 1. The Hall–Kier alpha value is -2.66. The van der Waals surface area contributed by atoms with Crippen LogP contribution in [0.25, 0.3) is 11.2 Å². The first kappa shape index (κ1) is 25.0. The van der Waals surface area contributed by atoms with Gasteiger partial charge in [0.05, 0.1) is 6.04 Å². The quantitative estimate of drug-likeness (QED) is 0.527. The Morgan fingerprint density at radius 2 is 1.92 bits per heavy atom. The van der Waals surface area contributed by atoms with Gasteiger partial charge in [0, 0.05) is 18.5 Å². The Labute approximate surface area is 214 Å². The monoisotopic (exact) mass is 492 g/mol. The van der Waals surface area contributed by atoms with Gasteiger partial charge in [-0.1, -0.05) is 13.3 Å². The van der Waals surface area contributed by atoms with Crippen molar-refractivity contribution in [3.63, 3.8) is 0 Å². The molecular formula is C28H40N6O2. The van der Waals surface area contributed by atoms with Crippen molar-refractivity contribution in [2.45, 2.75) is 90.3 Å². The maximum absolute atomic E-state index is 11.9. The largest absolute Gasteiger partial charge is 0.475 e. The molecule has 0 aromatic carbocycles. The number of carboxylic acid groups (broad SMARTS) is 1. The van der Waals surface area contributed by atoms with Crippen molar-refractivity contribution in [2.24, 2.45) is 23.7 Å². The third-order valence-electron chi connectivity index (χ3n) is 9.00. The van der Waals surface area contributed by atoms with Gasteiger partial charge < -0.3 is 15.0 Å². The zero-order chi connectivity index (χ0) is 25.4. The standard InChI is InChI=1S/C28H40N6O2/c1-5-19-9-11-20(12-10-19)16-34-23-24(29-18(3)21-7-6-8-21)30-26(28(35)36)31-25(23)32-27(34)22-15-17(2)13-14-33(22)4/h1,17-22H,6-16H2,2-4H3,(H,35,36)(H,29,30,31)/t17?,18-,19-,20-,22?/m1/s1. The third-order valence-corrected chi connectivity index (χ3v) is 9.00. The molecule has 0 amide bonds. The van der Waals surface area contributed by atoms with Gasteiger partial charge in [-0.15, -0.1) is 12.3 Å². The highest BCUT2D eigenvalue weighted by atomic mass is 16.4. The normalized spacial score (nSPS) is 28.4. The van der Waals surface area contributed by atoms with Crippen molar-refractivity contribution < 1.29 is 9.90 Å². The Morgan fingerprint density at radius 3 is 2.56 bits per heavy atom. The highest BCUT2D eigenvalue weighted by Gasteiger charge is 2.33. The van der Waals surface area contributed by atoms with Crippen LogP contribution in [0.5, 0.6) is 0 Å². The summed E-state index contributed by atoms with van der Waals surface area (Å²) in [6.07, 6.45) is 15.9. The first-order chi connectivity index (χ1) is 17.3. The molecule has 1 saturated heterocycles. The van der Waals surface area contributed by atoms with Crippen molar-refractivity contribution >= 4 is 23.0 Å². The molecular weight excluding hydrogens is 452 g/mol. The number of aromatic carboxylic acids is 1. The highest BCUT2D eigenvalue weighted by molar-refractivity contribution is 5.90. The number of piperidine rings is 1. The van der Waals surface area contributed by atoms with Gasteiger partial charge in [0.25, 0.3) is 0 Å². The predicted molar refractivity (Wildman–Crippen MR) is 141 cm³/mol. The van der Waals surface area contributed by atoms with Crippen LogP contribution >= 0.6 is 0 Å². The molecule has 0 spiro atoms. The molecule has 2 aliphatic carbocycles. The predicted octanol–water partition coefficient (Wildman–Crippen LogP) is 4.97. The third kappa shape index (κ3) is 4.95. The van der Waals surface area contributed by atoms with Crippen molar-refractivity contribution in [3.05, 3.63) is 11.6 Å². The van der Waals surface area contributed by atoms with Crippen molar-refractivity contribution in [1.29, 1.82) is 0 Å². The minimum atomic E-state index is -1.12. The summed E-state index contributed by atoms with van der Waals surface area (Å²) < 4.78 is 2.33. The fourth-order valence-corrected chi connectivity index (χ4v) is 6.29. The number of hydrogen-bond donors (Lipinski definition) is 2. The summed E-state index contributed by atoms with van der Waals surface area (Å²) >= 11 is 0. The van der Waals surface area contributed by atoms with E-state index in [0.29, 0.717) is 35.1 Å². The van der Waals surface area contributed by atoms with E-state index in [9.17, 15) is 9.90 Å². The number of aromatic nitrogens is 4. The number of imidazole rings is 1. The molecule has 2 aromatic heterocycles. The number of carboxylic acids is 1. The van der Waals surface area contributed by atoms with Crippen molar-refractivity contribution in [1.82, 2.24) is 24.4 Å². The first-order valence-corrected chi connectivity index (χ1v) is 13.8. The highest BCUT2D eigenvalue weighted by Crippen LogP contribution is 2.38. The zero-order valence-corrected chi connectivity index (χ0v) is 21.9. The molecule has 2 aromatic rings. The van der Waals surface area contributed by atoms with E-state index in [1.165, 1.54) is 25.7 Å². The van der Waals surface area contributed by atoms with Gasteiger partial charge in [-0.2, -0.15) is 0 Å². The topological polar surface area (TPSA) is 96.2 Å². The summed E-state index contributed by atoms with van der Waals surface area (Å²) in [7, 11) is 2.17. The van der Waals surface area contributed by atoms with Crippen LogP contribution in [-0.2, 0) is 6.54 Å². The van der Waals surface area contributed by atoms with Crippen LogP contribution in [0.3, 0.4) is 0 Å². The van der Waals surface area contributed by atoms with Gasteiger partial charge in [0.2, 0.25) is 5.82 Å². The Kier molecular flexibility index (Phi) is 7.21. The van der Waals surface area contributed by atoms with E-state index in [2.05, 4.69) is 51.6 Å². The van der Waals surface area contributed by atoms with E-state index >= 15 is 0 Å². The average Bonchev–Trinajstić information content (AvgIpc) is 3.18. The molecule has 1 aliphatic heterocycles. The number of hydrogen-bond acceptors (Lipinski definition) is 6. The molecule has 2 N–H and O–H groups in total. The van der Waals surface area contributed by atoms with E-state index in [0.717, 1.165) is 56.5 Å². The van der Waals surface area contributed by atoms with E-state index in [-0.39, 0.29) is 17.9 Å². The SMILES string of the molecule is C#C[C@H]1CC[C@H](Cn2c(C3CC(C)CCN3C)nc3nc(C(=O)O)nc(N[C@H](C)C4CCC4)c32)CC1. The van der Waals surface area contributed by atoms with Crippen LogP contribution in [-0.4, -0.2) is 55.1 Å². The molecule has 0 bridgehead atoms. The molecule has 194 valence electrons. The van der Waals surface area contributed by atoms with Gasteiger partial charge >= 0.3 is 5.97 Å². The fraction of sp³-hybridized carbons (Fsp3) is 0.714. The summed E-state index contributed by atoms with van der Waals surface area (Å²) in [5, 5.41) is 13.4. The second kappa shape index (κ2) is 10.4. The summed E-state index contributed by atoms with van der Waals surface area (Å²) in [4.78, 5) is 28.3. The Bertz CT molecular complexity index is 1140. The molecule has 5 rings (SSSR count). The van der Waals surface area contributed by atoms with Crippen LogP contribution in [0, 0.1) is 36.0 Å². The van der Waals surface area contributed by atoms with E-state index in [1.54, 1.807) is 0 Å². The average molecular weight is 493 g/mol. The van der Waals surface area contributed by atoms with Crippen molar-refractivity contribution in [3.8, 4) is 12.3 Å². The smallest absolute Gasteiger partial charge is 0.374 e. The van der Waals surface area contributed by atoms with E-state index in [1.807, 2.05) is 0 Å². The molecule has 36 heavy (non-hydrogen) atoms. The molecule has 0 radical (unpaired) electrons. The summed E-state index contributed by atoms with van der Waals surface area (Å²) in [5.41, 5.74) is 1.34. The maximum atomic E-state index is 11.9. The number of nitrogens with one attached hydrogen (secondary N) is 1. The van der Waals surface area contributed by atoms with Crippen molar-refractivity contribution in [2.75, 3.05) is 18.9 Å². The fourth-order valence-electron chi connectivity index (χ4n) is 6.29. The molecule has 3 aliphatic rings. The summed E-state index contributed by atoms with van der Waals surface area (Å²) in [5.74, 6) is 5.32. The van der Waals surface area contributed by atoms with E-state index in [4.69, 9.17) is 11.4 Å². The molecule has 3 heterocycles. The minimum absolute atomic E-state index is 0.176. The number of nitrogens with zero attached hydrogens (tertiary/aromatic N) is 5. The minimum Gasteiger partial charge on any atom is -0.475 e. The molecule has 2 unspecified atom stereocenters. The molecule has 8 nitrogen and oxygen atoms in total. The zero-order valence-electron chi connectivity index (χ0n) is 21.9. The van der Waals surface area contributed by atoms with Gasteiger partial charge in [-0.25, -0.2) is 19.7 Å². The molecule has 3 fully saturated rings. The summed E-state index contributed by atoms with van der Waals surface area (Å²) in [6.45, 7) is 6.35. The Morgan fingerprint density at radius 1 is 1.17 bits per heavy atom. The molecule has 3 atom stereocenters. The summed E-state index contributed by atoms with van der Waals surface area (Å²) in [6, 6.07) is 0.393. The second-order valence-electron chi connectivity index (χ2n) is 11.6. The number of rotatable bonds is 7. The van der Waals surface area contributed by atoms with Crippen LogP contribution in [0.1, 0.15) is 94.1 Å². The number of likely N-dealkylation sites (tertiary alicyclic amines) is 1. The van der Waals surface area contributed by atoms with Gasteiger partial charge in [0.1, 0.15) is 11.3 Å². The van der Waals surface area contributed by atoms with Gasteiger partial charge in [-0.05, 0) is 89.6 Å². The lowest BCUT2D eigenvalue weighted by Gasteiger charge is -2.36. The second-order valence-corrected chi connectivity index (χ2v) is 11.6. The van der Waals surface area contributed by atoms with Gasteiger partial charge in [-0.3, -0.25) is 4.90 Å². The van der Waals surface area contributed by atoms with Crippen LogP contribution < -0.4 is 5.32 Å². The number of carbonyl (C=O) groups is 1. The molecule has 2 saturated carbocycles. The molecule has 8 heteroatoms. The lowest BCUT2D eigenvalue weighted by molar-refractivity contribution is 0.0684. The number of fused-ring (bicyclic) bond motifs is 1. The van der Waals surface area contributed by atoms with Crippen LogP contribution in [0.4, 0.5) is 5.82 Å². The maximum Gasteiger partial charge on any atom is 0.374 e. The van der Waals surface area contributed by atoms with Crippen LogP contribution in [0.2, 0.25) is 0 Å². The first-order valence-electron chi connectivity index (χ1n) is 13.8. The lowest BCUT2D eigenvalue weighted by Crippen LogP contribution is -2.35. The lowest BCUT2D eigenvalue weighted by atomic mass is 9.80.